The van der Waals surface area contributed by atoms with E-state index in [2.05, 4.69) is 11.1 Å². The minimum atomic E-state index is -0.583. The van der Waals surface area contributed by atoms with Crippen LogP contribution in [0.2, 0.25) is 0 Å². The number of ether oxygens (including phenoxy) is 1. The number of nitrogens with two attached hydrogens (primary N) is 1. The number of hydrogen-bond acceptors (Lipinski definition) is 5. The van der Waals surface area contributed by atoms with Crippen LogP contribution in [0, 0.1) is 11.3 Å². The number of rotatable bonds is 1. The van der Waals surface area contributed by atoms with Crippen molar-refractivity contribution in [1.29, 1.82) is 5.26 Å². The standard InChI is InChI=1S/C19H14N4O2/c1-23-14-5-3-2-4-12(14)17-16(19(23)24)15(11-6-8-22-9-7-11)13(10-20)18(21)25-17/h2-9,15H,21H2,1H3. The van der Waals surface area contributed by atoms with Crippen molar-refractivity contribution in [1.82, 2.24) is 9.55 Å². The second kappa shape index (κ2) is 5.49. The van der Waals surface area contributed by atoms with E-state index in [1.807, 2.05) is 24.3 Å². The Morgan fingerprint density at radius 1 is 1.24 bits per heavy atom. The van der Waals surface area contributed by atoms with Gasteiger partial charge in [-0.15, -0.1) is 0 Å². The highest BCUT2D eigenvalue weighted by Crippen LogP contribution is 2.42. The summed E-state index contributed by atoms with van der Waals surface area (Å²) in [6.45, 7) is 0. The second-order valence-corrected chi connectivity index (χ2v) is 5.83. The molecule has 25 heavy (non-hydrogen) atoms. The third-order valence-corrected chi connectivity index (χ3v) is 4.50. The molecular formula is C19H14N4O2. The summed E-state index contributed by atoms with van der Waals surface area (Å²) in [5, 5.41) is 10.4. The number of para-hydroxylation sites is 1. The number of nitriles is 1. The van der Waals surface area contributed by atoms with Crippen molar-refractivity contribution in [2.24, 2.45) is 12.8 Å². The largest absolute Gasteiger partial charge is 0.439 e. The van der Waals surface area contributed by atoms with E-state index in [1.165, 1.54) is 0 Å². The lowest BCUT2D eigenvalue weighted by molar-refractivity contribution is 0.396. The third kappa shape index (κ3) is 2.10. The van der Waals surface area contributed by atoms with Gasteiger partial charge >= 0.3 is 0 Å². The molecule has 122 valence electrons. The fraction of sp³-hybridized carbons (Fsp3) is 0.105. The van der Waals surface area contributed by atoms with Gasteiger partial charge in [0.15, 0.2) is 0 Å². The van der Waals surface area contributed by atoms with Gasteiger partial charge in [0.2, 0.25) is 5.88 Å². The SMILES string of the molecule is Cn1c(=O)c2c(c3ccccc31)OC(N)=C(C#N)C2c1ccncc1. The lowest BCUT2D eigenvalue weighted by Crippen LogP contribution is -2.31. The van der Waals surface area contributed by atoms with Crippen molar-refractivity contribution in [2.75, 3.05) is 0 Å². The van der Waals surface area contributed by atoms with E-state index in [0.717, 1.165) is 16.5 Å². The van der Waals surface area contributed by atoms with E-state index in [9.17, 15) is 10.1 Å². The summed E-state index contributed by atoms with van der Waals surface area (Å²) in [7, 11) is 1.71. The van der Waals surface area contributed by atoms with Gasteiger partial charge in [-0.1, -0.05) is 12.1 Å². The zero-order valence-corrected chi connectivity index (χ0v) is 13.4. The molecule has 0 spiro atoms. The average molecular weight is 330 g/mol. The Morgan fingerprint density at radius 2 is 1.96 bits per heavy atom. The normalized spacial score (nSPS) is 16.2. The first-order chi connectivity index (χ1) is 12.1. The van der Waals surface area contributed by atoms with E-state index in [1.54, 1.807) is 36.1 Å². The predicted molar refractivity (Wildman–Crippen MR) is 92.7 cm³/mol. The molecule has 4 rings (SSSR count). The molecule has 1 atom stereocenters. The first-order valence-corrected chi connectivity index (χ1v) is 7.72. The van der Waals surface area contributed by atoms with Gasteiger partial charge in [-0.25, -0.2) is 0 Å². The molecule has 2 N–H and O–H groups in total. The lowest BCUT2D eigenvalue weighted by Gasteiger charge is -2.27. The Labute approximate surface area is 143 Å². The van der Waals surface area contributed by atoms with Gasteiger partial charge in [-0.2, -0.15) is 5.26 Å². The van der Waals surface area contributed by atoms with Crippen LogP contribution in [-0.2, 0) is 7.05 Å². The van der Waals surface area contributed by atoms with E-state index in [-0.39, 0.29) is 17.0 Å². The Bertz CT molecular complexity index is 1120. The van der Waals surface area contributed by atoms with Crippen LogP contribution in [-0.4, -0.2) is 9.55 Å². The molecule has 3 heterocycles. The second-order valence-electron chi connectivity index (χ2n) is 5.83. The van der Waals surface area contributed by atoms with E-state index in [4.69, 9.17) is 10.5 Å². The molecule has 2 aromatic heterocycles. The van der Waals surface area contributed by atoms with Crippen LogP contribution in [0.4, 0.5) is 0 Å². The maximum atomic E-state index is 13.1. The summed E-state index contributed by atoms with van der Waals surface area (Å²) in [5.74, 6) is -0.146. The Morgan fingerprint density at radius 3 is 2.68 bits per heavy atom. The molecule has 0 saturated carbocycles. The first kappa shape index (κ1) is 15.0. The Kier molecular flexibility index (Phi) is 3.29. The van der Waals surface area contributed by atoms with Crippen molar-refractivity contribution in [3.63, 3.8) is 0 Å². The number of allylic oxidation sites excluding steroid dienone is 1. The van der Waals surface area contributed by atoms with Gasteiger partial charge < -0.3 is 15.0 Å². The van der Waals surface area contributed by atoms with Gasteiger partial charge in [0, 0.05) is 24.8 Å². The monoisotopic (exact) mass is 330 g/mol. The topological polar surface area (TPSA) is 93.9 Å². The molecule has 3 aromatic rings. The average Bonchev–Trinajstić information content (AvgIpc) is 2.66. The molecule has 0 aliphatic carbocycles. The van der Waals surface area contributed by atoms with Crippen molar-refractivity contribution in [3.05, 3.63) is 81.7 Å². The van der Waals surface area contributed by atoms with Crippen molar-refractivity contribution in [2.45, 2.75) is 5.92 Å². The number of pyridine rings is 2. The fourth-order valence-electron chi connectivity index (χ4n) is 3.32. The van der Waals surface area contributed by atoms with Gasteiger partial charge in [-0.3, -0.25) is 9.78 Å². The number of benzene rings is 1. The quantitative estimate of drug-likeness (QED) is 0.738. The van der Waals surface area contributed by atoms with Gasteiger partial charge in [-0.05, 0) is 29.8 Å². The predicted octanol–water partition coefficient (Wildman–Crippen LogP) is 2.15. The van der Waals surface area contributed by atoms with Crippen LogP contribution in [0.25, 0.3) is 10.9 Å². The number of fused-ring (bicyclic) bond motifs is 3. The van der Waals surface area contributed by atoms with Crippen LogP contribution in [0.15, 0.2) is 65.0 Å². The summed E-state index contributed by atoms with van der Waals surface area (Å²) in [6, 6.07) is 13.1. The van der Waals surface area contributed by atoms with Crippen LogP contribution >= 0.6 is 0 Å². The highest BCUT2D eigenvalue weighted by molar-refractivity contribution is 5.88. The molecule has 6 nitrogen and oxygen atoms in total. The van der Waals surface area contributed by atoms with E-state index < -0.39 is 5.92 Å². The van der Waals surface area contributed by atoms with Crippen molar-refractivity contribution < 1.29 is 4.74 Å². The van der Waals surface area contributed by atoms with Gasteiger partial charge in [0.25, 0.3) is 5.56 Å². The zero-order chi connectivity index (χ0) is 17.6. The number of nitrogens with zero attached hydrogens (tertiary/aromatic N) is 3. The maximum Gasteiger partial charge on any atom is 0.258 e. The van der Waals surface area contributed by atoms with Gasteiger partial charge in [0.1, 0.15) is 17.4 Å². The maximum absolute atomic E-state index is 13.1. The van der Waals surface area contributed by atoms with Crippen LogP contribution in [0.3, 0.4) is 0 Å². The molecule has 0 radical (unpaired) electrons. The zero-order valence-electron chi connectivity index (χ0n) is 13.4. The molecule has 0 fully saturated rings. The number of aromatic nitrogens is 2. The molecule has 6 heteroatoms. The molecule has 1 aliphatic heterocycles. The summed E-state index contributed by atoms with van der Waals surface area (Å²) >= 11 is 0. The highest BCUT2D eigenvalue weighted by atomic mass is 16.5. The van der Waals surface area contributed by atoms with Gasteiger partial charge in [0.05, 0.1) is 17.0 Å². The van der Waals surface area contributed by atoms with E-state index >= 15 is 0 Å². The molecule has 1 aromatic carbocycles. The van der Waals surface area contributed by atoms with Crippen LogP contribution in [0.1, 0.15) is 17.0 Å². The Hall–Kier alpha value is -3.59. The number of aryl methyl sites for hydroxylation is 1. The van der Waals surface area contributed by atoms with Crippen molar-refractivity contribution in [3.8, 4) is 11.8 Å². The lowest BCUT2D eigenvalue weighted by atomic mass is 9.84. The van der Waals surface area contributed by atoms with E-state index in [0.29, 0.717) is 11.3 Å². The molecule has 1 aliphatic rings. The summed E-state index contributed by atoms with van der Waals surface area (Å²) < 4.78 is 7.31. The first-order valence-electron chi connectivity index (χ1n) is 7.72. The fourth-order valence-corrected chi connectivity index (χ4v) is 3.32. The molecule has 0 saturated heterocycles. The van der Waals surface area contributed by atoms with Crippen LogP contribution in [0.5, 0.6) is 5.75 Å². The minimum absolute atomic E-state index is 0.0234. The summed E-state index contributed by atoms with van der Waals surface area (Å²) in [4.78, 5) is 17.1. The molecular weight excluding hydrogens is 316 g/mol. The minimum Gasteiger partial charge on any atom is -0.439 e. The van der Waals surface area contributed by atoms with Crippen LogP contribution < -0.4 is 16.0 Å². The molecule has 0 amide bonds. The molecule has 0 bridgehead atoms. The summed E-state index contributed by atoms with van der Waals surface area (Å²) in [5.41, 5.74) is 7.97. The van der Waals surface area contributed by atoms with Crippen molar-refractivity contribution >= 4 is 10.9 Å². The number of hydrogen-bond donors (Lipinski definition) is 1. The molecule has 1 unspecified atom stereocenters. The third-order valence-electron chi connectivity index (χ3n) is 4.50. The summed E-state index contributed by atoms with van der Waals surface area (Å²) in [6.07, 6.45) is 3.25. The smallest absolute Gasteiger partial charge is 0.258 e. The Balaban J connectivity index is 2.15. The highest BCUT2D eigenvalue weighted by Gasteiger charge is 2.35.